The third kappa shape index (κ3) is 5.78. The summed E-state index contributed by atoms with van der Waals surface area (Å²) in [6.45, 7) is 5.78. The van der Waals surface area contributed by atoms with E-state index in [9.17, 15) is 4.79 Å². The Kier molecular flexibility index (Phi) is 8.38. The van der Waals surface area contributed by atoms with E-state index >= 15 is 0 Å². The van der Waals surface area contributed by atoms with Crippen LogP contribution >= 0.6 is 0 Å². The molecule has 0 spiro atoms. The van der Waals surface area contributed by atoms with Gasteiger partial charge in [0.2, 0.25) is 5.91 Å². The predicted molar refractivity (Wildman–Crippen MR) is 64.6 cm³/mol. The predicted octanol–water partition coefficient (Wildman–Crippen LogP) is 2.01. The van der Waals surface area contributed by atoms with Crippen molar-refractivity contribution in [2.75, 3.05) is 20.1 Å². The minimum Gasteiger partial charge on any atom is -0.346 e. The minimum absolute atomic E-state index is 0.213. The van der Waals surface area contributed by atoms with Gasteiger partial charge < -0.3 is 10.6 Å². The maximum Gasteiger partial charge on any atom is 0.225 e. The Labute approximate surface area is 94.0 Å². The van der Waals surface area contributed by atoms with Crippen LogP contribution in [-0.4, -0.2) is 30.9 Å². The van der Waals surface area contributed by atoms with Crippen molar-refractivity contribution in [3.63, 3.8) is 0 Å². The fourth-order valence-electron chi connectivity index (χ4n) is 1.73. The summed E-state index contributed by atoms with van der Waals surface area (Å²) < 4.78 is 0. The maximum atomic E-state index is 11.9. The van der Waals surface area contributed by atoms with Crippen molar-refractivity contribution in [3.05, 3.63) is 0 Å². The zero-order chi connectivity index (χ0) is 11.7. The molecule has 0 rings (SSSR count). The van der Waals surface area contributed by atoms with Crippen molar-refractivity contribution >= 4 is 5.91 Å². The monoisotopic (exact) mass is 214 g/mol. The van der Waals surface area contributed by atoms with Crippen LogP contribution in [0.4, 0.5) is 0 Å². The van der Waals surface area contributed by atoms with Gasteiger partial charge in [-0.2, -0.15) is 0 Å². The summed E-state index contributed by atoms with van der Waals surface area (Å²) in [6.07, 6.45) is 5.15. The van der Waals surface area contributed by atoms with Crippen molar-refractivity contribution in [3.8, 4) is 0 Å². The first-order valence-corrected chi connectivity index (χ1v) is 6.12. The third-order valence-electron chi connectivity index (χ3n) is 2.91. The quantitative estimate of drug-likeness (QED) is 0.628. The average Bonchev–Trinajstić information content (AvgIpc) is 2.25. The zero-order valence-corrected chi connectivity index (χ0v) is 10.5. The molecule has 15 heavy (non-hydrogen) atoms. The highest BCUT2D eigenvalue weighted by molar-refractivity contribution is 5.78. The number of carbonyl (C=O) groups excluding carboxylic acids is 1. The molecule has 0 bridgehead atoms. The molecule has 90 valence electrons. The lowest BCUT2D eigenvalue weighted by atomic mass is 10.0. The summed E-state index contributed by atoms with van der Waals surface area (Å²) in [5, 5.41) is 0. The van der Waals surface area contributed by atoms with Crippen LogP contribution in [0.25, 0.3) is 0 Å². The standard InChI is InChI=1S/C12H26N2O/c1-4-11(5-2)12(15)14(3)10-8-6-7-9-13/h11H,4-10,13H2,1-3H3. The molecule has 0 aliphatic rings. The topological polar surface area (TPSA) is 46.3 Å². The van der Waals surface area contributed by atoms with Crippen molar-refractivity contribution in [2.45, 2.75) is 46.0 Å². The Morgan fingerprint density at radius 2 is 1.80 bits per heavy atom. The highest BCUT2D eigenvalue weighted by Gasteiger charge is 2.17. The van der Waals surface area contributed by atoms with E-state index in [1.165, 1.54) is 0 Å². The summed E-state index contributed by atoms with van der Waals surface area (Å²) in [5.41, 5.74) is 5.42. The van der Waals surface area contributed by atoms with Gasteiger partial charge in [-0.3, -0.25) is 4.79 Å². The summed E-state index contributed by atoms with van der Waals surface area (Å²) in [5.74, 6) is 0.511. The van der Waals surface area contributed by atoms with Crippen molar-refractivity contribution in [1.29, 1.82) is 0 Å². The first-order valence-electron chi connectivity index (χ1n) is 6.12. The molecule has 0 unspecified atom stereocenters. The lowest BCUT2D eigenvalue weighted by molar-refractivity contribution is -0.134. The van der Waals surface area contributed by atoms with Crippen LogP contribution in [-0.2, 0) is 4.79 Å². The van der Waals surface area contributed by atoms with Gasteiger partial charge in [0.1, 0.15) is 0 Å². The molecule has 3 heteroatoms. The third-order valence-corrected chi connectivity index (χ3v) is 2.91. The van der Waals surface area contributed by atoms with E-state index in [0.29, 0.717) is 5.91 Å². The Hall–Kier alpha value is -0.570. The molecular weight excluding hydrogens is 188 g/mol. The fraction of sp³-hybridized carbons (Fsp3) is 0.917. The fourth-order valence-corrected chi connectivity index (χ4v) is 1.73. The van der Waals surface area contributed by atoms with Gasteiger partial charge in [0, 0.05) is 19.5 Å². The second-order valence-corrected chi connectivity index (χ2v) is 4.12. The van der Waals surface area contributed by atoms with E-state index in [0.717, 1.165) is 45.2 Å². The first kappa shape index (κ1) is 14.4. The van der Waals surface area contributed by atoms with Crippen LogP contribution in [0, 0.1) is 5.92 Å². The Balaban J connectivity index is 3.77. The Morgan fingerprint density at radius 3 is 2.27 bits per heavy atom. The van der Waals surface area contributed by atoms with E-state index in [1.807, 2.05) is 11.9 Å². The van der Waals surface area contributed by atoms with E-state index in [2.05, 4.69) is 13.8 Å². The van der Waals surface area contributed by atoms with Gasteiger partial charge in [0.25, 0.3) is 0 Å². The van der Waals surface area contributed by atoms with Gasteiger partial charge in [-0.05, 0) is 32.2 Å². The van der Waals surface area contributed by atoms with Crippen LogP contribution in [0.1, 0.15) is 46.0 Å². The molecule has 0 radical (unpaired) electrons. The van der Waals surface area contributed by atoms with Crippen LogP contribution in [0.5, 0.6) is 0 Å². The van der Waals surface area contributed by atoms with Gasteiger partial charge in [-0.15, -0.1) is 0 Å². The van der Waals surface area contributed by atoms with Crippen molar-refractivity contribution < 1.29 is 4.79 Å². The molecule has 0 aromatic carbocycles. The van der Waals surface area contributed by atoms with E-state index < -0.39 is 0 Å². The summed E-state index contributed by atoms with van der Waals surface area (Å²) >= 11 is 0. The van der Waals surface area contributed by atoms with Crippen LogP contribution in [0.3, 0.4) is 0 Å². The van der Waals surface area contributed by atoms with E-state index in [1.54, 1.807) is 0 Å². The van der Waals surface area contributed by atoms with Gasteiger partial charge in [-0.25, -0.2) is 0 Å². The number of unbranched alkanes of at least 4 members (excludes halogenated alkanes) is 2. The molecule has 0 atom stereocenters. The highest BCUT2D eigenvalue weighted by Crippen LogP contribution is 2.11. The van der Waals surface area contributed by atoms with Crippen LogP contribution < -0.4 is 5.73 Å². The number of hydrogen-bond acceptors (Lipinski definition) is 2. The minimum atomic E-state index is 0.213. The molecule has 1 amide bonds. The largest absolute Gasteiger partial charge is 0.346 e. The first-order chi connectivity index (χ1) is 7.17. The average molecular weight is 214 g/mol. The molecule has 0 aliphatic carbocycles. The second-order valence-electron chi connectivity index (χ2n) is 4.12. The lowest BCUT2D eigenvalue weighted by Crippen LogP contribution is -2.33. The number of hydrogen-bond donors (Lipinski definition) is 1. The molecular formula is C12H26N2O. The lowest BCUT2D eigenvalue weighted by Gasteiger charge is -2.22. The van der Waals surface area contributed by atoms with Gasteiger partial charge in [0.05, 0.1) is 0 Å². The molecule has 0 aromatic rings. The van der Waals surface area contributed by atoms with Gasteiger partial charge in [0.15, 0.2) is 0 Å². The normalized spacial score (nSPS) is 10.7. The van der Waals surface area contributed by atoms with Crippen molar-refractivity contribution in [1.82, 2.24) is 4.90 Å². The second kappa shape index (κ2) is 8.72. The number of nitrogens with two attached hydrogens (primary N) is 1. The van der Waals surface area contributed by atoms with Crippen LogP contribution in [0.2, 0.25) is 0 Å². The van der Waals surface area contributed by atoms with Crippen molar-refractivity contribution in [2.24, 2.45) is 11.7 Å². The SMILES string of the molecule is CCC(CC)C(=O)N(C)CCCCCN. The molecule has 2 N–H and O–H groups in total. The molecule has 0 fully saturated rings. The smallest absolute Gasteiger partial charge is 0.225 e. The molecule has 3 nitrogen and oxygen atoms in total. The summed E-state index contributed by atoms with van der Waals surface area (Å²) in [7, 11) is 1.91. The number of nitrogens with zero attached hydrogens (tertiary/aromatic N) is 1. The molecule has 0 aromatic heterocycles. The molecule has 0 aliphatic heterocycles. The number of rotatable bonds is 8. The van der Waals surface area contributed by atoms with Gasteiger partial charge in [-0.1, -0.05) is 20.3 Å². The highest BCUT2D eigenvalue weighted by atomic mass is 16.2. The van der Waals surface area contributed by atoms with Crippen LogP contribution in [0.15, 0.2) is 0 Å². The number of carbonyl (C=O) groups is 1. The summed E-state index contributed by atoms with van der Waals surface area (Å²) in [6, 6.07) is 0. The maximum absolute atomic E-state index is 11.9. The van der Waals surface area contributed by atoms with Gasteiger partial charge >= 0.3 is 0 Å². The summed E-state index contributed by atoms with van der Waals surface area (Å²) in [4.78, 5) is 13.7. The molecule has 0 saturated heterocycles. The Morgan fingerprint density at radius 1 is 1.20 bits per heavy atom. The molecule has 0 heterocycles. The number of amides is 1. The van der Waals surface area contributed by atoms with E-state index in [-0.39, 0.29) is 5.92 Å². The van der Waals surface area contributed by atoms with E-state index in [4.69, 9.17) is 5.73 Å². The molecule has 0 saturated carbocycles. The Bertz CT molecular complexity index is 167. The zero-order valence-electron chi connectivity index (χ0n) is 10.5.